The first-order valence-corrected chi connectivity index (χ1v) is 12.9. The molecule has 0 fully saturated rings. The van der Waals surface area contributed by atoms with Crippen LogP contribution < -0.4 is 10.5 Å². The second kappa shape index (κ2) is 8.57. The van der Waals surface area contributed by atoms with Gasteiger partial charge in [-0.2, -0.15) is 0 Å². The van der Waals surface area contributed by atoms with Crippen LogP contribution >= 0.6 is 11.3 Å². The zero-order valence-corrected chi connectivity index (χ0v) is 19.0. The highest BCUT2D eigenvalue weighted by Gasteiger charge is 2.21. The van der Waals surface area contributed by atoms with E-state index in [0.717, 1.165) is 46.4 Å². The number of nitrogens with two attached hydrogens (primary N) is 1. The summed E-state index contributed by atoms with van der Waals surface area (Å²) in [5.74, 6) is 1.53. The number of hydrogen-bond donors (Lipinski definition) is 2. The molecule has 1 aliphatic rings. The molecular formula is C23H23N5O2S2. The summed E-state index contributed by atoms with van der Waals surface area (Å²) in [4.78, 5) is 16.5. The zero-order chi connectivity index (χ0) is 22.1. The van der Waals surface area contributed by atoms with Gasteiger partial charge in [-0.25, -0.2) is 23.5 Å². The van der Waals surface area contributed by atoms with Crippen LogP contribution in [0.1, 0.15) is 28.8 Å². The average molecular weight is 466 g/mol. The third kappa shape index (κ3) is 4.23. The van der Waals surface area contributed by atoms with Crippen molar-refractivity contribution in [1.29, 1.82) is 0 Å². The number of benzene rings is 1. The van der Waals surface area contributed by atoms with E-state index in [4.69, 9.17) is 15.1 Å². The molecule has 3 N–H and O–H groups in total. The number of pyridine rings is 1. The second-order valence-electron chi connectivity index (χ2n) is 7.89. The molecule has 0 unspecified atom stereocenters. The topological polar surface area (TPSA) is 111 Å². The van der Waals surface area contributed by atoms with E-state index in [1.807, 2.05) is 12.1 Å². The monoisotopic (exact) mass is 465 g/mol. The lowest BCUT2D eigenvalue weighted by atomic mass is 9.97. The fourth-order valence-electron chi connectivity index (χ4n) is 4.08. The lowest BCUT2D eigenvalue weighted by Gasteiger charge is -2.13. The Labute approximate surface area is 190 Å². The van der Waals surface area contributed by atoms with E-state index in [0.29, 0.717) is 12.4 Å². The lowest BCUT2D eigenvalue weighted by Crippen LogP contribution is -2.12. The van der Waals surface area contributed by atoms with Gasteiger partial charge in [0, 0.05) is 29.4 Å². The number of nitrogens with one attached hydrogen (secondary N) is 1. The highest BCUT2D eigenvalue weighted by molar-refractivity contribution is 7.89. The maximum atomic E-state index is 11.5. The molecule has 3 heterocycles. The van der Waals surface area contributed by atoms with Crippen molar-refractivity contribution in [2.45, 2.75) is 37.0 Å². The van der Waals surface area contributed by atoms with Gasteiger partial charge in [0.05, 0.1) is 10.3 Å². The van der Waals surface area contributed by atoms with Crippen molar-refractivity contribution >= 4 is 37.4 Å². The Balaban J connectivity index is 1.44. The Morgan fingerprint density at radius 1 is 1.06 bits per heavy atom. The number of fused-ring (bicyclic) bond motifs is 3. The zero-order valence-electron chi connectivity index (χ0n) is 17.4. The molecule has 0 aliphatic heterocycles. The van der Waals surface area contributed by atoms with Gasteiger partial charge in [-0.05, 0) is 67.5 Å². The second-order valence-corrected chi connectivity index (χ2v) is 10.5. The summed E-state index contributed by atoms with van der Waals surface area (Å²) in [7, 11) is -3.68. The first-order chi connectivity index (χ1) is 15.5. The van der Waals surface area contributed by atoms with Gasteiger partial charge in [0.2, 0.25) is 10.0 Å². The molecule has 0 atom stereocenters. The van der Waals surface area contributed by atoms with Crippen molar-refractivity contribution in [2.75, 3.05) is 11.9 Å². The van der Waals surface area contributed by atoms with Crippen molar-refractivity contribution < 1.29 is 8.42 Å². The van der Waals surface area contributed by atoms with E-state index in [9.17, 15) is 8.42 Å². The number of hydrogen-bond acceptors (Lipinski definition) is 7. The molecule has 0 saturated heterocycles. The van der Waals surface area contributed by atoms with Crippen LogP contribution in [0.15, 0.2) is 53.7 Å². The molecule has 1 aliphatic carbocycles. The van der Waals surface area contributed by atoms with E-state index in [-0.39, 0.29) is 4.90 Å². The van der Waals surface area contributed by atoms with Gasteiger partial charge in [0.1, 0.15) is 10.6 Å². The SMILES string of the molecule is NS(=O)(=O)c1ccc(CCNc2nc(-c3cccnc3)nc3sc4c(c23)CCCC4)cc1. The standard InChI is InChI=1S/C23H23N5O2S2/c24-32(29,30)17-9-7-15(8-10-17)11-13-26-22-20-18-5-1-2-6-19(18)31-23(20)28-21(27-22)16-4-3-12-25-14-16/h3-4,7-10,12,14H,1-2,5-6,11,13H2,(H2,24,29,30)(H,26,27,28). The summed E-state index contributed by atoms with van der Waals surface area (Å²) in [6.45, 7) is 0.665. The largest absolute Gasteiger partial charge is 0.369 e. The molecule has 0 amide bonds. The maximum Gasteiger partial charge on any atom is 0.238 e. The molecule has 164 valence electrons. The third-order valence-electron chi connectivity index (χ3n) is 5.69. The van der Waals surface area contributed by atoms with Crippen molar-refractivity contribution in [3.63, 3.8) is 0 Å². The minimum atomic E-state index is -3.68. The Hall–Kier alpha value is -2.88. The molecule has 1 aromatic carbocycles. The smallest absolute Gasteiger partial charge is 0.238 e. The Bertz CT molecular complexity index is 1370. The first kappa shape index (κ1) is 21.0. The molecule has 32 heavy (non-hydrogen) atoms. The predicted octanol–water partition coefficient (Wildman–Crippen LogP) is 3.93. The molecule has 9 heteroatoms. The number of rotatable bonds is 6. The average Bonchev–Trinajstić information content (AvgIpc) is 3.18. The lowest BCUT2D eigenvalue weighted by molar-refractivity contribution is 0.598. The van der Waals surface area contributed by atoms with Crippen LogP contribution in [0.3, 0.4) is 0 Å². The van der Waals surface area contributed by atoms with Gasteiger partial charge in [0.15, 0.2) is 5.82 Å². The van der Waals surface area contributed by atoms with Crippen molar-refractivity contribution in [1.82, 2.24) is 15.0 Å². The van der Waals surface area contributed by atoms with Crippen molar-refractivity contribution in [3.8, 4) is 11.4 Å². The predicted molar refractivity (Wildman–Crippen MR) is 127 cm³/mol. The van der Waals surface area contributed by atoms with Crippen LogP contribution in [0.4, 0.5) is 5.82 Å². The summed E-state index contributed by atoms with van der Waals surface area (Å²) in [6.07, 6.45) is 8.84. The Morgan fingerprint density at radius 2 is 1.88 bits per heavy atom. The van der Waals surface area contributed by atoms with Gasteiger partial charge in [-0.3, -0.25) is 4.98 Å². The van der Waals surface area contributed by atoms with Crippen LogP contribution in [0, 0.1) is 0 Å². The summed E-state index contributed by atoms with van der Waals surface area (Å²) >= 11 is 1.78. The fraction of sp³-hybridized carbons (Fsp3) is 0.261. The molecule has 0 spiro atoms. The third-order valence-corrected chi connectivity index (χ3v) is 7.81. The Morgan fingerprint density at radius 3 is 2.62 bits per heavy atom. The summed E-state index contributed by atoms with van der Waals surface area (Å²) in [5.41, 5.74) is 3.30. The van der Waals surface area contributed by atoms with Gasteiger partial charge in [-0.15, -0.1) is 11.3 Å². The van der Waals surface area contributed by atoms with Crippen LogP contribution in [0.5, 0.6) is 0 Å². The number of primary sulfonamides is 1. The summed E-state index contributed by atoms with van der Waals surface area (Å²) in [6, 6.07) is 10.5. The van der Waals surface area contributed by atoms with Gasteiger partial charge in [0.25, 0.3) is 0 Å². The van der Waals surface area contributed by atoms with Gasteiger partial charge in [-0.1, -0.05) is 12.1 Å². The maximum absolute atomic E-state index is 11.5. The van der Waals surface area contributed by atoms with Crippen LogP contribution in [0.2, 0.25) is 0 Å². The van der Waals surface area contributed by atoms with Crippen molar-refractivity contribution in [3.05, 3.63) is 64.8 Å². The molecule has 0 saturated carbocycles. The number of thiophene rings is 1. The van der Waals surface area contributed by atoms with Gasteiger partial charge >= 0.3 is 0 Å². The van der Waals surface area contributed by atoms with Gasteiger partial charge < -0.3 is 5.32 Å². The first-order valence-electron chi connectivity index (χ1n) is 10.6. The number of anilines is 1. The van der Waals surface area contributed by atoms with Crippen molar-refractivity contribution in [2.24, 2.45) is 5.14 Å². The van der Waals surface area contributed by atoms with E-state index < -0.39 is 10.0 Å². The number of aromatic nitrogens is 3. The minimum Gasteiger partial charge on any atom is -0.369 e. The minimum absolute atomic E-state index is 0.123. The van der Waals surface area contributed by atoms with Crippen LogP contribution in [-0.2, 0) is 29.3 Å². The van der Waals surface area contributed by atoms with E-state index in [1.165, 1.54) is 23.3 Å². The highest BCUT2D eigenvalue weighted by atomic mass is 32.2. The molecule has 0 radical (unpaired) electrons. The van der Waals surface area contributed by atoms with E-state index in [1.54, 1.807) is 48.0 Å². The number of sulfonamides is 1. The number of nitrogens with zero attached hydrogens (tertiary/aromatic N) is 3. The van der Waals surface area contributed by atoms with E-state index >= 15 is 0 Å². The molecular weight excluding hydrogens is 442 g/mol. The summed E-state index contributed by atoms with van der Waals surface area (Å²) in [5, 5.41) is 9.85. The fourth-order valence-corrected chi connectivity index (χ4v) is 5.86. The molecule has 0 bridgehead atoms. The molecule has 7 nitrogen and oxygen atoms in total. The normalized spacial score (nSPS) is 13.8. The van der Waals surface area contributed by atoms with E-state index in [2.05, 4.69) is 10.3 Å². The molecule has 3 aromatic heterocycles. The quantitative estimate of drug-likeness (QED) is 0.446. The molecule has 4 aromatic rings. The molecule has 5 rings (SSSR count). The summed E-state index contributed by atoms with van der Waals surface area (Å²) < 4.78 is 22.9. The number of aryl methyl sites for hydroxylation is 2. The Kier molecular flexibility index (Phi) is 5.62. The highest BCUT2D eigenvalue weighted by Crippen LogP contribution is 2.39. The van der Waals surface area contributed by atoms with Crippen LogP contribution in [-0.4, -0.2) is 29.9 Å². The van der Waals surface area contributed by atoms with Crippen LogP contribution in [0.25, 0.3) is 21.6 Å².